The van der Waals surface area contributed by atoms with Gasteiger partial charge in [-0.05, 0) is 62.7 Å². The number of carbonyl (C=O) groups is 1. The monoisotopic (exact) mass is 523 g/mol. The third-order valence-electron chi connectivity index (χ3n) is 7.15. The Morgan fingerprint density at radius 3 is 2.42 bits per heavy atom. The number of phenolic OH excluding ortho intramolecular Hbond substituents is 1. The largest absolute Gasteiger partial charge is 0.508 e. The Kier molecular flexibility index (Phi) is 11.9. The summed E-state index contributed by atoms with van der Waals surface area (Å²) in [5.74, 6) is -1.09. The van der Waals surface area contributed by atoms with Gasteiger partial charge in [-0.2, -0.15) is 0 Å². The summed E-state index contributed by atoms with van der Waals surface area (Å²) in [6.07, 6.45) is 4.84. The Bertz CT molecular complexity index is 946. The SMILES string of the molecule is CO[C@H]1/C(C)=C/[C@H](C)[C@@H](O)[C@@H](CO)C[C@H](C)Cc2cc(O)cc(c2Cl)NC(=O)/C(C)=C/CC[C@@H]1CO. The summed E-state index contributed by atoms with van der Waals surface area (Å²) in [6, 6.07) is 3.00. The fourth-order valence-corrected chi connectivity index (χ4v) is 5.39. The van der Waals surface area contributed by atoms with E-state index in [1.165, 1.54) is 6.07 Å². The van der Waals surface area contributed by atoms with Crippen molar-refractivity contribution in [3.05, 3.63) is 46.0 Å². The van der Waals surface area contributed by atoms with Gasteiger partial charge in [0.15, 0.2) is 0 Å². The standard InChI is InChI=1S/C28H42ClNO6/c1-16-9-21-12-23(33)13-24(25(21)29)30-28(35)17(2)7-6-8-20(14-31)27(36-5)19(4)11-18(3)26(34)22(10-16)15-32/h7,11-13,16,18,20,22,26-27,31-34H,6,8-10,14-15H2,1-5H3,(H,30,35)/b17-7+,19-11+/t16-,18+,20-,22-,26-,27+/m1/s1. The minimum atomic E-state index is -0.778. The van der Waals surface area contributed by atoms with Crippen molar-refractivity contribution in [2.24, 2.45) is 23.7 Å². The summed E-state index contributed by atoms with van der Waals surface area (Å²) in [6.45, 7) is 7.29. The third kappa shape index (κ3) is 8.05. The highest BCUT2D eigenvalue weighted by Gasteiger charge is 2.28. The van der Waals surface area contributed by atoms with Crippen LogP contribution in [0.3, 0.4) is 0 Å². The summed E-state index contributed by atoms with van der Waals surface area (Å²) < 4.78 is 5.72. The van der Waals surface area contributed by atoms with Gasteiger partial charge in [0.2, 0.25) is 0 Å². The first-order valence-electron chi connectivity index (χ1n) is 12.6. The lowest BCUT2D eigenvalue weighted by molar-refractivity contribution is -0.112. The summed E-state index contributed by atoms with van der Waals surface area (Å²) in [5.41, 5.74) is 2.42. The molecule has 36 heavy (non-hydrogen) atoms. The number of nitrogens with one attached hydrogen (secondary N) is 1. The van der Waals surface area contributed by atoms with Crippen molar-refractivity contribution in [2.45, 2.75) is 65.6 Å². The lowest BCUT2D eigenvalue weighted by atomic mass is 9.82. The zero-order valence-corrected chi connectivity index (χ0v) is 22.8. The summed E-state index contributed by atoms with van der Waals surface area (Å²) in [7, 11) is 1.60. The van der Waals surface area contributed by atoms with Gasteiger partial charge in [0, 0.05) is 49.7 Å². The molecule has 6 atom stereocenters. The maximum Gasteiger partial charge on any atom is 0.251 e. The number of amides is 1. The molecule has 0 radical (unpaired) electrons. The Morgan fingerprint density at radius 1 is 1.14 bits per heavy atom. The van der Waals surface area contributed by atoms with E-state index in [1.807, 2.05) is 32.9 Å². The molecule has 0 fully saturated rings. The number of aliphatic hydroxyl groups is 3. The van der Waals surface area contributed by atoms with Crippen LogP contribution in [-0.2, 0) is 16.0 Å². The molecule has 1 heterocycles. The molecule has 7 nitrogen and oxygen atoms in total. The van der Waals surface area contributed by atoms with Crippen LogP contribution >= 0.6 is 11.6 Å². The lowest BCUT2D eigenvalue weighted by Gasteiger charge is -2.29. The molecule has 0 saturated carbocycles. The number of halogens is 1. The molecule has 5 N–H and O–H groups in total. The third-order valence-corrected chi connectivity index (χ3v) is 7.59. The van der Waals surface area contributed by atoms with E-state index in [2.05, 4.69) is 5.32 Å². The molecule has 8 heteroatoms. The topological polar surface area (TPSA) is 119 Å². The summed E-state index contributed by atoms with van der Waals surface area (Å²) in [4.78, 5) is 12.8. The Balaban J connectivity index is 2.48. The Labute approximate surface area is 219 Å². The van der Waals surface area contributed by atoms with Gasteiger partial charge >= 0.3 is 0 Å². The fraction of sp³-hybridized carbons (Fsp3) is 0.607. The number of fused-ring (bicyclic) bond motifs is 2. The molecule has 0 aromatic heterocycles. The number of benzene rings is 1. The molecule has 1 aromatic rings. The van der Waals surface area contributed by atoms with E-state index >= 15 is 0 Å². The van der Waals surface area contributed by atoms with Crippen LogP contribution in [-0.4, -0.2) is 58.9 Å². The van der Waals surface area contributed by atoms with Crippen molar-refractivity contribution in [2.75, 3.05) is 25.6 Å². The van der Waals surface area contributed by atoms with Crippen LogP contribution in [0.25, 0.3) is 0 Å². The number of ether oxygens (including phenoxy) is 1. The number of allylic oxidation sites excluding steroid dienone is 1. The van der Waals surface area contributed by atoms with Crippen molar-refractivity contribution in [3.63, 3.8) is 0 Å². The maximum atomic E-state index is 12.8. The van der Waals surface area contributed by atoms with Gasteiger partial charge in [-0.1, -0.05) is 37.6 Å². The molecule has 1 amide bonds. The van der Waals surface area contributed by atoms with Crippen LogP contribution in [0.15, 0.2) is 35.4 Å². The molecule has 2 bridgehead atoms. The van der Waals surface area contributed by atoms with Crippen molar-refractivity contribution in [1.29, 1.82) is 0 Å². The number of aromatic hydroxyl groups is 1. The number of rotatable bonds is 3. The van der Waals surface area contributed by atoms with E-state index < -0.39 is 6.10 Å². The van der Waals surface area contributed by atoms with Crippen LogP contribution in [0.2, 0.25) is 5.02 Å². The molecular weight excluding hydrogens is 482 g/mol. The number of phenols is 1. The van der Waals surface area contributed by atoms with E-state index in [1.54, 1.807) is 20.1 Å². The van der Waals surface area contributed by atoms with Crippen LogP contribution in [0.4, 0.5) is 5.69 Å². The molecular formula is C28H42ClNO6. The minimum Gasteiger partial charge on any atom is -0.508 e. The molecule has 0 saturated heterocycles. The maximum absolute atomic E-state index is 12.8. The van der Waals surface area contributed by atoms with E-state index in [0.29, 0.717) is 47.5 Å². The van der Waals surface area contributed by atoms with Gasteiger partial charge in [0.1, 0.15) is 5.75 Å². The van der Waals surface area contributed by atoms with Crippen molar-refractivity contribution < 1.29 is 30.0 Å². The molecule has 0 unspecified atom stereocenters. The number of aliphatic hydroxyl groups excluding tert-OH is 3. The first-order valence-corrected chi connectivity index (χ1v) is 13.0. The van der Waals surface area contributed by atoms with Crippen LogP contribution in [0, 0.1) is 23.7 Å². The second-order valence-electron chi connectivity index (χ2n) is 10.2. The van der Waals surface area contributed by atoms with Gasteiger partial charge in [0.05, 0.1) is 22.9 Å². The predicted octanol–water partition coefficient (Wildman–Crippen LogP) is 4.47. The molecule has 1 aliphatic rings. The zero-order valence-electron chi connectivity index (χ0n) is 22.0. The van der Waals surface area contributed by atoms with E-state index in [-0.39, 0.29) is 54.6 Å². The van der Waals surface area contributed by atoms with Crippen molar-refractivity contribution >= 4 is 23.2 Å². The van der Waals surface area contributed by atoms with Crippen molar-refractivity contribution in [1.82, 2.24) is 0 Å². The summed E-state index contributed by atoms with van der Waals surface area (Å²) in [5, 5.41) is 44.6. The molecule has 1 aromatic carbocycles. The van der Waals surface area contributed by atoms with E-state index in [4.69, 9.17) is 16.3 Å². The molecule has 202 valence electrons. The second kappa shape index (κ2) is 14.1. The van der Waals surface area contributed by atoms with Gasteiger partial charge in [-0.15, -0.1) is 0 Å². The molecule has 0 aliphatic carbocycles. The van der Waals surface area contributed by atoms with E-state index in [9.17, 15) is 25.2 Å². The Hall–Kier alpha value is -1.90. The average molecular weight is 524 g/mol. The number of hydrogen-bond donors (Lipinski definition) is 5. The number of anilines is 1. The van der Waals surface area contributed by atoms with Gasteiger partial charge < -0.3 is 30.5 Å². The highest BCUT2D eigenvalue weighted by atomic mass is 35.5. The molecule has 2 rings (SSSR count). The van der Waals surface area contributed by atoms with Gasteiger partial charge in [0.25, 0.3) is 5.91 Å². The number of hydrogen-bond acceptors (Lipinski definition) is 6. The first kappa shape index (κ1) is 30.3. The van der Waals surface area contributed by atoms with Crippen LogP contribution in [0.5, 0.6) is 5.75 Å². The predicted molar refractivity (Wildman–Crippen MR) is 143 cm³/mol. The lowest BCUT2D eigenvalue weighted by Crippen LogP contribution is -2.32. The number of methoxy groups -OCH3 is 1. The summed E-state index contributed by atoms with van der Waals surface area (Å²) >= 11 is 6.61. The quantitative estimate of drug-likeness (QED) is 0.373. The molecule has 0 spiro atoms. The zero-order chi connectivity index (χ0) is 27.0. The van der Waals surface area contributed by atoms with Crippen LogP contribution in [0.1, 0.15) is 52.5 Å². The van der Waals surface area contributed by atoms with Gasteiger partial charge in [-0.25, -0.2) is 0 Å². The second-order valence-corrected chi connectivity index (χ2v) is 10.6. The minimum absolute atomic E-state index is 0.00574. The van der Waals surface area contributed by atoms with Gasteiger partial charge in [-0.3, -0.25) is 4.79 Å². The van der Waals surface area contributed by atoms with Crippen LogP contribution < -0.4 is 5.32 Å². The smallest absolute Gasteiger partial charge is 0.251 e. The average Bonchev–Trinajstić information content (AvgIpc) is 2.83. The van der Waals surface area contributed by atoms with Crippen molar-refractivity contribution in [3.8, 4) is 5.75 Å². The first-order chi connectivity index (χ1) is 17.0. The Morgan fingerprint density at radius 2 is 1.81 bits per heavy atom. The fourth-order valence-electron chi connectivity index (χ4n) is 5.16. The van der Waals surface area contributed by atoms with E-state index in [0.717, 1.165) is 5.57 Å². The number of carbonyl (C=O) groups excluding carboxylic acids is 1. The normalized spacial score (nSPS) is 32.2. The highest BCUT2D eigenvalue weighted by Crippen LogP contribution is 2.34. The highest BCUT2D eigenvalue weighted by molar-refractivity contribution is 6.34. The molecule has 1 aliphatic heterocycles.